The summed E-state index contributed by atoms with van der Waals surface area (Å²) in [5.74, 6) is 0. The number of nitrogens with one attached hydrogen (secondary N) is 2. The van der Waals surface area contributed by atoms with Gasteiger partial charge in [-0.05, 0) is 32.9 Å². The van der Waals surface area contributed by atoms with E-state index in [4.69, 9.17) is 0 Å². The number of carbonyl (C=O) groups is 1. The first-order valence-electron chi connectivity index (χ1n) is 8.20. The highest BCUT2D eigenvalue weighted by atomic mass is 19.4. The van der Waals surface area contributed by atoms with E-state index >= 15 is 0 Å². The monoisotopic (exact) mass is 339 g/mol. The Morgan fingerprint density at radius 2 is 1.78 bits per heavy atom. The van der Waals surface area contributed by atoms with Crippen molar-refractivity contribution in [2.24, 2.45) is 0 Å². The summed E-state index contributed by atoms with van der Waals surface area (Å²) >= 11 is 0. The number of aliphatic hydroxyl groups is 1. The third-order valence-electron chi connectivity index (χ3n) is 4.06. The Bertz CT molecular complexity index is 356. The molecule has 1 aliphatic rings. The van der Waals surface area contributed by atoms with Gasteiger partial charge in [0, 0.05) is 13.1 Å². The molecule has 0 aromatic heterocycles. The number of alkyl halides is 3. The summed E-state index contributed by atoms with van der Waals surface area (Å²) in [5.41, 5.74) is -0.833. The van der Waals surface area contributed by atoms with Crippen LogP contribution in [-0.4, -0.2) is 61.0 Å². The van der Waals surface area contributed by atoms with E-state index in [0.29, 0.717) is 25.8 Å². The van der Waals surface area contributed by atoms with Crippen molar-refractivity contribution in [3.63, 3.8) is 0 Å². The molecule has 0 aromatic rings. The van der Waals surface area contributed by atoms with Crippen molar-refractivity contribution >= 4 is 6.03 Å². The summed E-state index contributed by atoms with van der Waals surface area (Å²) in [7, 11) is 1.40. The average molecular weight is 339 g/mol. The maximum absolute atomic E-state index is 12.1. The van der Waals surface area contributed by atoms with Crippen LogP contribution in [0.25, 0.3) is 0 Å². The van der Waals surface area contributed by atoms with Crippen molar-refractivity contribution in [3.8, 4) is 0 Å². The molecule has 0 saturated heterocycles. The van der Waals surface area contributed by atoms with Gasteiger partial charge in [-0.25, -0.2) is 4.79 Å². The minimum Gasteiger partial charge on any atom is -0.388 e. The van der Waals surface area contributed by atoms with E-state index < -0.39 is 18.3 Å². The van der Waals surface area contributed by atoms with Crippen LogP contribution >= 0.6 is 0 Å². The van der Waals surface area contributed by atoms with Gasteiger partial charge in [-0.2, -0.15) is 13.2 Å². The van der Waals surface area contributed by atoms with Gasteiger partial charge in [0.05, 0.1) is 12.1 Å². The van der Waals surface area contributed by atoms with Crippen LogP contribution in [-0.2, 0) is 0 Å². The third-order valence-corrected chi connectivity index (χ3v) is 4.06. The number of amides is 2. The molecule has 1 aliphatic carbocycles. The molecule has 5 nitrogen and oxygen atoms in total. The molecule has 0 bridgehead atoms. The van der Waals surface area contributed by atoms with E-state index in [9.17, 15) is 23.1 Å². The zero-order chi connectivity index (χ0) is 17.3. The quantitative estimate of drug-likeness (QED) is 0.492. The fourth-order valence-corrected chi connectivity index (χ4v) is 2.81. The van der Waals surface area contributed by atoms with Crippen LogP contribution < -0.4 is 10.6 Å². The summed E-state index contributed by atoms with van der Waals surface area (Å²) in [4.78, 5) is 12.8. The highest BCUT2D eigenvalue weighted by Gasteiger charge is 2.29. The lowest BCUT2D eigenvalue weighted by atomic mass is 9.95. The topological polar surface area (TPSA) is 64.6 Å². The van der Waals surface area contributed by atoms with Gasteiger partial charge in [0.1, 0.15) is 0 Å². The maximum Gasteiger partial charge on any atom is 0.401 e. The molecule has 0 aromatic carbocycles. The second-order valence-electron chi connectivity index (χ2n) is 6.45. The van der Waals surface area contributed by atoms with Crippen LogP contribution in [0.3, 0.4) is 0 Å². The fraction of sp³-hybridized carbons (Fsp3) is 0.933. The minimum absolute atomic E-state index is 0.215. The number of urea groups is 1. The van der Waals surface area contributed by atoms with Crippen molar-refractivity contribution in [1.29, 1.82) is 0 Å². The molecule has 0 atom stereocenters. The zero-order valence-corrected chi connectivity index (χ0v) is 13.7. The Hall–Kier alpha value is -1.02. The molecule has 8 heteroatoms. The molecule has 1 rings (SSSR count). The molecule has 0 spiro atoms. The van der Waals surface area contributed by atoms with E-state index in [0.717, 1.165) is 25.7 Å². The first-order chi connectivity index (χ1) is 10.7. The molecule has 136 valence electrons. The van der Waals surface area contributed by atoms with Crippen LogP contribution in [0.1, 0.15) is 44.9 Å². The van der Waals surface area contributed by atoms with E-state index in [1.807, 2.05) is 0 Å². The first kappa shape index (κ1) is 20.0. The number of carbonyl (C=O) groups excluding carboxylic acids is 1. The van der Waals surface area contributed by atoms with Gasteiger partial charge >= 0.3 is 12.2 Å². The third kappa shape index (κ3) is 9.65. The van der Waals surface area contributed by atoms with Crippen LogP contribution in [0.2, 0.25) is 0 Å². The van der Waals surface area contributed by atoms with Gasteiger partial charge in [0.2, 0.25) is 0 Å². The zero-order valence-electron chi connectivity index (χ0n) is 13.7. The number of nitrogens with zero attached hydrogens (tertiary/aromatic N) is 1. The Morgan fingerprint density at radius 3 is 2.35 bits per heavy atom. The lowest BCUT2D eigenvalue weighted by Gasteiger charge is -2.26. The van der Waals surface area contributed by atoms with Crippen LogP contribution in [0.4, 0.5) is 18.0 Å². The Balaban J connectivity index is 2.12. The lowest BCUT2D eigenvalue weighted by Crippen LogP contribution is -2.46. The number of hydrogen-bond acceptors (Lipinski definition) is 3. The largest absolute Gasteiger partial charge is 0.401 e. The Kier molecular flexibility index (Phi) is 8.11. The maximum atomic E-state index is 12.1. The molecule has 0 unspecified atom stereocenters. The van der Waals surface area contributed by atoms with Crippen molar-refractivity contribution in [2.75, 3.05) is 33.2 Å². The van der Waals surface area contributed by atoms with Crippen LogP contribution in [0.15, 0.2) is 0 Å². The SMILES string of the molecule is CN(CCCNC(=O)NCC1(O)CCCCCC1)CC(F)(F)F. The van der Waals surface area contributed by atoms with Crippen molar-refractivity contribution < 1.29 is 23.1 Å². The molecule has 0 aliphatic heterocycles. The smallest absolute Gasteiger partial charge is 0.388 e. The van der Waals surface area contributed by atoms with Gasteiger partial charge in [0.15, 0.2) is 0 Å². The van der Waals surface area contributed by atoms with Gasteiger partial charge in [-0.1, -0.05) is 25.7 Å². The van der Waals surface area contributed by atoms with E-state index in [2.05, 4.69) is 10.6 Å². The van der Waals surface area contributed by atoms with Crippen LogP contribution in [0.5, 0.6) is 0 Å². The van der Waals surface area contributed by atoms with Crippen LogP contribution in [0, 0.1) is 0 Å². The number of rotatable bonds is 7. The van der Waals surface area contributed by atoms with Crippen molar-refractivity contribution in [1.82, 2.24) is 15.5 Å². The normalized spacial score (nSPS) is 18.5. The molecule has 23 heavy (non-hydrogen) atoms. The summed E-state index contributed by atoms with van der Waals surface area (Å²) in [6.07, 6.45) is 1.76. The summed E-state index contributed by atoms with van der Waals surface area (Å²) in [6.45, 7) is -0.185. The van der Waals surface area contributed by atoms with Crippen molar-refractivity contribution in [3.05, 3.63) is 0 Å². The van der Waals surface area contributed by atoms with E-state index in [-0.39, 0.29) is 19.1 Å². The minimum atomic E-state index is -4.20. The van der Waals surface area contributed by atoms with Gasteiger partial charge < -0.3 is 15.7 Å². The lowest BCUT2D eigenvalue weighted by molar-refractivity contribution is -0.143. The number of hydrogen-bond donors (Lipinski definition) is 3. The Labute approximate surface area is 135 Å². The fourth-order valence-electron chi connectivity index (χ4n) is 2.81. The average Bonchev–Trinajstić information content (AvgIpc) is 2.65. The summed E-state index contributed by atoms with van der Waals surface area (Å²) < 4.78 is 36.4. The predicted octanol–water partition coefficient (Wildman–Crippen LogP) is 2.26. The number of halogens is 3. The standard InChI is InChI=1S/C15H28F3N3O2/c1-21(12-15(16,17)18)10-6-9-19-13(22)20-11-14(23)7-4-2-3-5-8-14/h23H,2-12H2,1H3,(H2,19,20,22). The Morgan fingerprint density at radius 1 is 1.17 bits per heavy atom. The predicted molar refractivity (Wildman–Crippen MR) is 82.2 cm³/mol. The summed E-state index contributed by atoms with van der Waals surface area (Å²) in [5, 5.41) is 15.7. The molecule has 0 radical (unpaired) electrons. The van der Waals surface area contributed by atoms with Crippen molar-refractivity contribution in [2.45, 2.75) is 56.7 Å². The van der Waals surface area contributed by atoms with Gasteiger partial charge in [-0.3, -0.25) is 4.90 Å². The van der Waals surface area contributed by atoms with E-state index in [1.165, 1.54) is 11.9 Å². The van der Waals surface area contributed by atoms with Gasteiger partial charge in [0.25, 0.3) is 0 Å². The van der Waals surface area contributed by atoms with Gasteiger partial charge in [-0.15, -0.1) is 0 Å². The second-order valence-corrected chi connectivity index (χ2v) is 6.45. The highest BCUT2D eigenvalue weighted by Crippen LogP contribution is 2.26. The molecule has 0 heterocycles. The molecule has 1 fully saturated rings. The molecular formula is C15H28F3N3O2. The van der Waals surface area contributed by atoms with E-state index in [1.54, 1.807) is 0 Å². The molecular weight excluding hydrogens is 311 g/mol. The first-order valence-corrected chi connectivity index (χ1v) is 8.20. The highest BCUT2D eigenvalue weighted by molar-refractivity contribution is 5.73. The molecule has 1 saturated carbocycles. The molecule has 2 amide bonds. The molecule has 3 N–H and O–H groups in total. The summed E-state index contributed by atoms with van der Waals surface area (Å²) in [6, 6.07) is -0.388. The second kappa shape index (κ2) is 9.32.